The van der Waals surface area contributed by atoms with E-state index in [1.54, 1.807) is 11.8 Å². The molecule has 1 N–H and O–H groups in total. The molecule has 18 heavy (non-hydrogen) atoms. The van der Waals surface area contributed by atoms with Gasteiger partial charge in [0.25, 0.3) is 0 Å². The van der Waals surface area contributed by atoms with E-state index in [1.165, 1.54) is 4.90 Å². The largest absolute Gasteiger partial charge is 0.341 e. The molecule has 1 aromatic rings. The van der Waals surface area contributed by atoms with Crippen molar-refractivity contribution in [2.75, 3.05) is 31.9 Å². The van der Waals surface area contributed by atoms with Crippen molar-refractivity contribution in [3.05, 3.63) is 30.3 Å². The molecule has 0 spiro atoms. The van der Waals surface area contributed by atoms with Crippen LogP contribution in [-0.4, -0.2) is 42.7 Å². The third kappa shape index (κ3) is 4.35. The van der Waals surface area contributed by atoms with Gasteiger partial charge in [0, 0.05) is 36.7 Å². The molecule has 1 aliphatic heterocycles. The highest BCUT2D eigenvalue weighted by Crippen LogP contribution is 2.18. The highest BCUT2D eigenvalue weighted by molar-refractivity contribution is 7.99. The zero-order valence-corrected chi connectivity index (χ0v) is 11.4. The Kier molecular flexibility index (Phi) is 5.55. The minimum atomic E-state index is 0.294. The van der Waals surface area contributed by atoms with Crippen molar-refractivity contribution in [1.29, 1.82) is 0 Å². The Morgan fingerprint density at radius 2 is 2.06 bits per heavy atom. The number of carbonyl (C=O) groups is 1. The Morgan fingerprint density at radius 1 is 1.22 bits per heavy atom. The fourth-order valence-electron chi connectivity index (χ4n) is 2.03. The van der Waals surface area contributed by atoms with Gasteiger partial charge in [-0.3, -0.25) is 4.79 Å². The molecule has 1 aliphatic rings. The van der Waals surface area contributed by atoms with Gasteiger partial charge in [0.1, 0.15) is 0 Å². The summed E-state index contributed by atoms with van der Waals surface area (Å²) in [5.74, 6) is 1.16. The van der Waals surface area contributed by atoms with Crippen LogP contribution in [0.2, 0.25) is 0 Å². The van der Waals surface area contributed by atoms with Crippen molar-refractivity contribution in [3.63, 3.8) is 0 Å². The first kappa shape index (κ1) is 13.4. The number of amides is 1. The van der Waals surface area contributed by atoms with Gasteiger partial charge in [0.15, 0.2) is 0 Å². The molecule has 1 amide bonds. The average molecular weight is 264 g/mol. The average Bonchev–Trinajstić information content (AvgIpc) is 2.69. The Hall–Kier alpha value is -1.00. The summed E-state index contributed by atoms with van der Waals surface area (Å²) >= 11 is 1.75. The summed E-state index contributed by atoms with van der Waals surface area (Å²) in [4.78, 5) is 15.3. The van der Waals surface area contributed by atoms with Crippen LogP contribution in [0.5, 0.6) is 0 Å². The van der Waals surface area contributed by atoms with Crippen LogP contribution in [0, 0.1) is 0 Å². The van der Waals surface area contributed by atoms with Crippen molar-refractivity contribution in [3.8, 4) is 0 Å². The first-order chi connectivity index (χ1) is 8.86. The molecular weight excluding hydrogens is 244 g/mol. The van der Waals surface area contributed by atoms with E-state index in [2.05, 4.69) is 17.4 Å². The lowest BCUT2D eigenvalue weighted by atomic mass is 10.3. The van der Waals surface area contributed by atoms with Gasteiger partial charge in [-0.15, -0.1) is 11.8 Å². The number of benzene rings is 1. The van der Waals surface area contributed by atoms with E-state index in [4.69, 9.17) is 0 Å². The van der Waals surface area contributed by atoms with Gasteiger partial charge < -0.3 is 10.2 Å². The molecule has 0 aromatic heterocycles. The van der Waals surface area contributed by atoms with E-state index < -0.39 is 0 Å². The number of hydrogen-bond donors (Lipinski definition) is 1. The molecule has 98 valence electrons. The maximum atomic E-state index is 12.0. The number of carbonyl (C=O) groups excluding carboxylic acids is 1. The van der Waals surface area contributed by atoms with Gasteiger partial charge in [-0.05, 0) is 25.1 Å². The van der Waals surface area contributed by atoms with E-state index in [-0.39, 0.29) is 0 Å². The zero-order chi connectivity index (χ0) is 12.6. The Labute approximate surface area is 113 Å². The van der Waals surface area contributed by atoms with Gasteiger partial charge in [-0.2, -0.15) is 0 Å². The standard InChI is InChI=1S/C14H20N2OS/c17-14(16-10-4-8-15-9-11-16)7-12-18-13-5-2-1-3-6-13/h1-3,5-6,15H,4,7-12H2. The van der Waals surface area contributed by atoms with Crippen LogP contribution < -0.4 is 5.32 Å². The molecule has 0 saturated carbocycles. The van der Waals surface area contributed by atoms with E-state index in [9.17, 15) is 4.79 Å². The van der Waals surface area contributed by atoms with Crippen LogP contribution in [0.15, 0.2) is 35.2 Å². The number of nitrogens with zero attached hydrogens (tertiary/aromatic N) is 1. The van der Waals surface area contributed by atoms with Crippen molar-refractivity contribution in [2.24, 2.45) is 0 Å². The molecule has 0 unspecified atom stereocenters. The van der Waals surface area contributed by atoms with Crippen LogP contribution in [0.4, 0.5) is 0 Å². The third-order valence-electron chi connectivity index (χ3n) is 3.02. The smallest absolute Gasteiger partial charge is 0.223 e. The molecule has 0 atom stereocenters. The Morgan fingerprint density at radius 3 is 2.89 bits per heavy atom. The topological polar surface area (TPSA) is 32.3 Å². The molecule has 4 heteroatoms. The van der Waals surface area contributed by atoms with Gasteiger partial charge in [0.05, 0.1) is 0 Å². The van der Waals surface area contributed by atoms with Crippen molar-refractivity contribution < 1.29 is 4.79 Å². The van der Waals surface area contributed by atoms with Crippen molar-refractivity contribution in [2.45, 2.75) is 17.7 Å². The van der Waals surface area contributed by atoms with Crippen LogP contribution in [-0.2, 0) is 4.79 Å². The van der Waals surface area contributed by atoms with Gasteiger partial charge in [-0.25, -0.2) is 0 Å². The number of thioether (sulfide) groups is 1. The third-order valence-corrected chi connectivity index (χ3v) is 4.03. The van der Waals surface area contributed by atoms with Crippen molar-refractivity contribution in [1.82, 2.24) is 10.2 Å². The second-order valence-electron chi connectivity index (χ2n) is 4.40. The molecule has 0 radical (unpaired) electrons. The fraction of sp³-hybridized carbons (Fsp3) is 0.500. The zero-order valence-electron chi connectivity index (χ0n) is 10.6. The molecule has 2 rings (SSSR count). The molecular formula is C14H20N2OS. The number of nitrogens with one attached hydrogen (secondary N) is 1. The molecule has 1 aromatic carbocycles. The maximum absolute atomic E-state index is 12.0. The minimum absolute atomic E-state index is 0.294. The number of hydrogen-bond acceptors (Lipinski definition) is 3. The van der Waals surface area contributed by atoms with E-state index in [1.807, 2.05) is 23.1 Å². The monoisotopic (exact) mass is 264 g/mol. The number of rotatable bonds is 4. The predicted octanol–water partition coefficient (Wildman–Crippen LogP) is 1.99. The lowest BCUT2D eigenvalue weighted by Crippen LogP contribution is -2.34. The van der Waals surface area contributed by atoms with Crippen LogP contribution in [0.1, 0.15) is 12.8 Å². The Balaban J connectivity index is 1.71. The molecule has 0 bridgehead atoms. The summed E-state index contributed by atoms with van der Waals surface area (Å²) in [6.45, 7) is 3.72. The van der Waals surface area contributed by atoms with Gasteiger partial charge in [0.2, 0.25) is 5.91 Å². The summed E-state index contributed by atoms with van der Waals surface area (Å²) < 4.78 is 0. The quantitative estimate of drug-likeness (QED) is 0.844. The van der Waals surface area contributed by atoms with Gasteiger partial charge in [-0.1, -0.05) is 18.2 Å². The van der Waals surface area contributed by atoms with Gasteiger partial charge >= 0.3 is 0 Å². The second-order valence-corrected chi connectivity index (χ2v) is 5.56. The first-order valence-corrected chi connectivity index (χ1v) is 7.51. The van der Waals surface area contributed by atoms with E-state index in [0.29, 0.717) is 12.3 Å². The SMILES string of the molecule is O=C(CCSc1ccccc1)N1CCCNCC1. The summed E-state index contributed by atoms with van der Waals surface area (Å²) in [7, 11) is 0. The van der Waals surface area contributed by atoms with Crippen LogP contribution >= 0.6 is 11.8 Å². The van der Waals surface area contributed by atoms with E-state index >= 15 is 0 Å². The van der Waals surface area contributed by atoms with E-state index in [0.717, 1.165) is 38.4 Å². The predicted molar refractivity (Wildman–Crippen MR) is 75.8 cm³/mol. The van der Waals surface area contributed by atoms with Crippen LogP contribution in [0.25, 0.3) is 0 Å². The molecule has 1 fully saturated rings. The fourth-order valence-corrected chi connectivity index (χ4v) is 2.89. The Bertz CT molecular complexity index is 361. The summed E-state index contributed by atoms with van der Waals surface area (Å²) in [5, 5.41) is 3.31. The lowest BCUT2D eigenvalue weighted by molar-refractivity contribution is -0.130. The maximum Gasteiger partial charge on any atom is 0.223 e. The summed E-state index contributed by atoms with van der Waals surface area (Å²) in [6.07, 6.45) is 1.71. The highest BCUT2D eigenvalue weighted by Gasteiger charge is 2.14. The molecule has 1 heterocycles. The van der Waals surface area contributed by atoms with Crippen molar-refractivity contribution >= 4 is 17.7 Å². The minimum Gasteiger partial charge on any atom is -0.341 e. The normalized spacial score (nSPS) is 16.3. The summed E-state index contributed by atoms with van der Waals surface area (Å²) in [5.41, 5.74) is 0. The van der Waals surface area contributed by atoms with Crippen LogP contribution in [0.3, 0.4) is 0 Å². The molecule has 1 saturated heterocycles. The summed E-state index contributed by atoms with van der Waals surface area (Å²) in [6, 6.07) is 10.3. The highest BCUT2D eigenvalue weighted by atomic mass is 32.2. The second kappa shape index (κ2) is 7.44. The molecule has 3 nitrogen and oxygen atoms in total. The lowest BCUT2D eigenvalue weighted by Gasteiger charge is -2.19. The molecule has 0 aliphatic carbocycles. The first-order valence-electron chi connectivity index (χ1n) is 6.52.